The molecule has 1 unspecified atom stereocenters. The van der Waals surface area contributed by atoms with Crippen LogP contribution < -0.4 is 15.4 Å². The first kappa shape index (κ1) is 20.2. The number of amides is 2. The molecule has 0 saturated heterocycles. The summed E-state index contributed by atoms with van der Waals surface area (Å²) < 4.78 is 10.7. The largest absolute Gasteiger partial charge is 0.493 e. The van der Waals surface area contributed by atoms with Crippen LogP contribution in [0.5, 0.6) is 5.75 Å². The molecular formula is C21H21ClN4O4. The lowest BCUT2D eigenvalue weighted by Gasteiger charge is -2.17. The first-order valence-corrected chi connectivity index (χ1v) is 9.99. The lowest BCUT2D eigenvalue weighted by atomic mass is 10.0. The van der Waals surface area contributed by atoms with E-state index >= 15 is 0 Å². The average Bonchev–Trinajstić information content (AvgIpc) is 3.38. The molecule has 2 aromatic carbocycles. The van der Waals surface area contributed by atoms with Gasteiger partial charge in [0.05, 0.1) is 25.7 Å². The van der Waals surface area contributed by atoms with E-state index in [1.54, 1.807) is 24.3 Å². The molecule has 0 bridgehead atoms. The number of hydrogen-bond donors (Lipinski definition) is 3. The van der Waals surface area contributed by atoms with Gasteiger partial charge < -0.3 is 25.0 Å². The smallest absolute Gasteiger partial charge is 0.319 e. The first-order chi connectivity index (χ1) is 14.6. The molecule has 4 rings (SSSR count). The van der Waals surface area contributed by atoms with Gasteiger partial charge in [-0.05, 0) is 41.5 Å². The zero-order chi connectivity index (χ0) is 20.9. The highest BCUT2D eigenvalue weighted by Crippen LogP contribution is 2.27. The summed E-state index contributed by atoms with van der Waals surface area (Å²) in [6, 6.07) is 11.9. The summed E-state index contributed by atoms with van der Waals surface area (Å²) in [6.07, 6.45) is 1.59. The second-order valence-corrected chi connectivity index (χ2v) is 7.36. The van der Waals surface area contributed by atoms with E-state index < -0.39 is 12.1 Å². The number of aliphatic hydroxyl groups is 1. The molecule has 3 aromatic rings. The zero-order valence-corrected chi connectivity index (χ0v) is 16.9. The highest BCUT2D eigenvalue weighted by molar-refractivity contribution is 6.30. The Bertz CT molecular complexity index is 1020. The molecule has 30 heavy (non-hydrogen) atoms. The number of hydrogen-bond acceptors (Lipinski definition) is 6. The molecule has 0 spiro atoms. The van der Waals surface area contributed by atoms with Crippen molar-refractivity contribution in [2.24, 2.45) is 0 Å². The Morgan fingerprint density at radius 1 is 1.23 bits per heavy atom. The summed E-state index contributed by atoms with van der Waals surface area (Å²) in [5.41, 5.74) is 2.77. The van der Waals surface area contributed by atoms with Crippen molar-refractivity contribution in [2.75, 3.05) is 18.5 Å². The van der Waals surface area contributed by atoms with E-state index in [-0.39, 0.29) is 13.0 Å². The van der Waals surface area contributed by atoms with Crippen molar-refractivity contribution in [1.29, 1.82) is 0 Å². The number of benzene rings is 2. The van der Waals surface area contributed by atoms with Crippen LogP contribution in [0, 0.1) is 0 Å². The Balaban J connectivity index is 1.51. The molecule has 2 heterocycles. The predicted molar refractivity (Wildman–Crippen MR) is 111 cm³/mol. The van der Waals surface area contributed by atoms with E-state index in [9.17, 15) is 4.79 Å². The molecule has 8 nitrogen and oxygen atoms in total. The minimum Gasteiger partial charge on any atom is -0.493 e. The maximum Gasteiger partial charge on any atom is 0.319 e. The van der Waals surface area contributed by atoms with Gasteiger partial charge in [-0.15, -0.1) is 0 Å². The summed E-state index contributed by atoms with van der Waals surface area (Å²) in [5.74, 6) is 1.56. The van der Waals surface area contributed by atoms with Gasteiger partial charge in [0.2, 0.25) is 5.89 Å². The third kappa shape index (κ3) is 4.90. The summed E-state index contributed by atoms with van der Waals surface area (Å²) in [6.45, 7) is 0.584. The molecule has 0 radical (unpaired) electrons. The lowest BCUT2D eigenvalue weighted by Crippen LogP contribution is -2.34. The lowest BCUT2D eigenvalue weighted by molar-refractivity contribution is 0.247. The molecule has 1 aliphatic heterocycles. The van der Waals surface area contributed by atoms with Gasteiger partial charge in [0.15, 0.2) is 5.82 Å². The van der Waals surface area contributed by atoms with Crippen LogP contribution in [0.1, 0.15) is 28.9 Å². The SMILES string of the molecule is O=C(Nc1ccc(Cl)cc1)NC(Cc1ccc2c(c1)CCO2)c1noc(CCO)n1. The number of halogens is 1. The number of fused-ring (bicyclic) bond motifs is 1. The Labute approximate surface area is 178 Å². The monoisotopic (exact) mass is 428 g/mol. The molecule has 9 heteroatoms. The van der Waals surface area contributed by atoms with Gasteiger partial charge in [0.1, 0.15) is 5.75 Å². The number of carbonyl (C=O) groups excluding carboxylic acids is 1. The van der Waals surface area contributed by atoms with Crippen LogP contribution in [0.25, 0.3) is 0 Å². The normalized spacial score (nSPS) is 13.4. The number of aromatic nitrogens is 2. The van der Waals surface area contributed by atoms with Crippen molar-refractivity contribution < 1.29 is 19.2 Å². The fourth-order valence-electron chi connectivity index (χ4n) is 3.27. The fourth-order valence-corrected chi connectivity index (χ4v) is 3.40. The number of rotatable bonds is 7. The van der Waals surface area contributed by atoms with E-state index in [4.69, 9.17) is 26.0 Å². The van der Waals surface area contributed by atoms with Crippen molar-refractivity contribution >= 4 is 23.3 Å². The highest BCUT2D eigenvalue weighted by Gasteiger charge is 2.22. The van der Waals surface area contributed by atoms with E-state index in [2.05, 4.69) is 26.8 Å². The number of nitrogens with zero attached hydrogens (tertiary/aromatic N) is 2. The highest BCUT2D eigenvalue weighted by atomic mass is 35.5. The summed E-state index contributed by atoms with van der Waals surface area (Å²) >= 11 is 5.89. The van der Waals surface area contributed by atoms with Crippen molar-refractivity contribution in [1.82, 2.24) is 15.5 Å². The molecule has 1 aliphatic rings. The van der Waals surface area contributed by atoms with Crippen LogP contribution in [0.2, 0.25) is 5.02 Å². The number of urea groups is 1. The minimum atomic E-state index is -0.520. The van der Waals surface area contributed by atoms with Crippen LogP contribution in [0.15, 0.2) is 47.0 Å². The van der Waals surface area contributed by atoms with Gasteiger partial charge in [-0.1, -0.05) is 28.9 Å². The minimum absolute atomic E-state index is 0.0956. The number of nitrogens with one attached hydrogen (secondary N) is 2. The topological polar surface area (TPSA) is 110 Å². The van der Waals surface area contributed by atoms with E-state index in [1.165, 1.54) is 0 Å². The first-order valence-electron chi connectivity index (χ1n) is 9.62. The van der Waals surface area contributed by atoms with Crippen LogP contribution in [-0.2, 0) is 19.3 Å². The zero-order valence-electron chi connectivity index (χ0n) is 16.1. The molecule has 0 saturated carbocycles. The van der Waals surface area contributed by atoms with Crippen molar-refractivity contribution in [3.63, 3.8) is 0 Å². The molecule has 3 N–H and O–H groups in total. The van der Waals surface area contributed by atoms with Crippen molar-refractivity contribution in [3.8, 4) is 5.75 Å². The maximum absolute atomic E-state index is 12.6. The second-order valence-electron chi connectivity index (χ2n) is 6.92. The Morgan fingerprint density at radius 3 is 2.87 bits per heavy atom. The predicted octanol–water partition coefficient (Wildman–Crippen LogP) is 3.30. The van der Waals surface area contributed by atoms with Crippen LogP contribution in [0.4, 0.5) is 10.5 Å². The summed E-state index contributed by atoms with van der Waals surface area (Å²) in [5, 5.41) is 19.4. The number of anilines is 1. The van der Waals surface area contributed by atoms with Gasteiger partial charge >= 0.3 is 6.03 Å². The van der Waals surface area contributed by atoms with Crippen LogP contribution in [-0.4, -0.2) is 34.5 Å². The van der Waals surface area contributed by atoms with Gasteiger partial charge in [-0.2, -0.15) is 4.98 Å². The second kappa shape index (κ2) is 9.15. The van der Waals surface area contributed by atoms with E-state index in [0.717, 1.165) is 23.3 Å². The summed E-state index contributed by atoms with van der Waals surface area (Å²) in [7, 11) is 0. The van der Waals surface area contributed by atoms with E-state index in [0.29, 0.717) is 35.5 Å². The molecule has 1 atom stereocenters. The van der Waals surface area contributed by atoms with Crippen LogP contribution in [0.3, 0.4) is 0 Å². The molecule has 0 aliphatic carbocycles. The molecular weight excluding hydrogens is 408 g/mol. The third-order valence-electron chi connectivity index (χ3n) is 4.72. The molecule has 0 fully saturated rings. The molecule has 1 aromatic heterocycles. The molecule has 2 amide bonds. The van der Waals surface area contributed by atoms with Crippen molar-refractivity contribution in [3.05, 3.63) is 70.3 Å². The number of carbonyl (C=O) groups is 1. The quantitative estimate of drug-likeness (QED) is 0.532. The number of ether oxygens (including phenoxy) is 1. The Morgan fingerprint density at radius 2 is 2.07 bits per heavy atom. The third-order valence-corrected chi connectivity index (χ3v) is 4.97. The van der Waals surface area contributed by atoms with Gasteiger partial charge in [-0.25, -0.2) is 4.79 Å². The maximum atomic E-state index is 12.6. The fraction of sp³-hybridized carbons (Fsp3) is 0.286. The van der Waals surface area contributed by atoms with Crippen LogP contribution >= 0.6 is 11.6 Å². The standard InChI is InChI=1S/C21H21ClN4O4/c22-15-2-4-16(5-3-15)23-21(28)24-17(20-25-19(7-9-27)30-26-20)12-13-1-6-18-14(11-13)8-10-29-18/h1-6,11,17,27H,7-10,12H2,(H2,23,24,28). The Kier molecular flexibility index (Phi) is 6.15. The molecule has 156 valence electrons. The van der Waals surface area contributed by atoms with Gasteiger partial charge in [0, 0.05) is 23.6 Å². The number of aliphatic hydroxyl groups excluding tert-OH is 1. The Hall–Kier alpha value is -3.10. The van der Waals surface area contributed by atoms with E-state index in [1.807, 2.05) is 12.1 Å². The average molecular weight is 429 g/mol. The van der Waals surface area contributed by atoms with Gasteiger partial charge in [0.25, 0.3) is 0 Å². The summed E-state index contributed by atoms with van der Waals surface area (Å²) in [4.78, 5) is 16.9. The van der Waals surface area contributed by atoms with Crippen molar-refractivity contribution in [2.45, 2.75) is 25.3 Å². The van der Waals surface area contributed by atoms with Gasteiger partial charge in [-0.3, -0.25) is 0 Å².